The summed E-state index contributed by atoms with van der Waals surface area (Å²) in [5, 5.41) is 9.02. The van der Waals surface area contributed by atoms with Crippen molar-refractivity contribution in [3.8, 4) is 0 Å². The van der Waals surface area contributed by atoms with E-state index in [-0.39, 0.29) is 28.2 Å². The monoisotopic (exact) mass is 283 g/mol. The largest absolute Gasteiger partial charge is 0.478 e. The molecule has 0 aromatic heterocycles. The Balaban J connectivity index is 2.91. The van der Waals surface area contributed by atoms with E-state index in [1.807, 2.05) is 13.8 Å². The molecule has 1 unspecified atom stereocenters. The summed E-state index contributed by atoms with van der Waals surface area (Å²) in [7, 11) is -0.0225. The van der Waals surface area contributed by atoms with E-state index in [2.05, 4.69) is 0 Å². The van der Waals surface area contributed by atoms with Crippen molar-refractivity contribution in [2.24, 2.45) is 0 Å². The lowest BCUT2D eigenvalue weighted by molar-refractivity contribution is -0.128. The van der Waals surface area contributed by atoms with E-state index < -0.39 is 16.8 Å². The molecule has 0 saturated heterocycles. The molecule has 0 aliphatic rings. The number of carboxylic acids is 1. The van der Waals surface area contributed by atoms with Gasteiger partial charge in [0.2, 0.25) is 5.91 Å². The van der Waals surface area contributed by atoms with E-state index in [0.29, 0.717) is 0 Å². The van der Waals surface area contributed by atoms with Crippen molar-refractivity contribution in [3.63, 3.8) is 0 Å². The number of carboxylic acid groups (broad SMARTS) is 1. The molecule has 1 aromatic carbocycles. The number of carbonyl (C=O) groups excluding carboxylic acids is 1. The van der Waals surface area contributed by atoms with Crippen molar-refractivity contribution in [1.82, 2.24) is 4.90 Å². The van der Waals surface area contributed by atoms with Gasteiger partial charge < -0.3 is 10.0 Å². The van der Waals surface area contributed by atoms with E-state index in [9.17, 15) is 13.8 Å². The Morgan fingerprint density at radius 2 is 1.89 bits per heavy atom. The van der Waals surface area contributed by atoms with Gasteiger partial charge in [-0.2, -0.15) is 0 Å². The minimum absolute atomic E-state index is 0.0132. The van der Waals surface area contributed by atoms with Crippen molar-refractivity contribution in [1.29, 1.82) is 0 Å². The van der Waals surface area contributed by atoms with Gasteiger partial charge in [-0.1, -0.05) is 12.1 Å². The van der Waals surface area contributed by atoms with Crippen molar-refractivity contribution in [2.45, 2.75) is 24.8 Å². The number of rotatable bonds is 5. The van der Waals surface area contributed by atoms with Crippen molar-refractivity contribution < 1.29 is 18.9 Å². The number of amides is 1. The van der Waals surface area contributed by atoms with Gasteiger partial charge >= 0.3 is 5.97 Å². The summed E-state index contributed by atoms with van der Waals surface area (Å²) in [6.45, 7) is 3.71. The Hall–Kier alpha value is -1.69. The molecule has 1 rings (SSSR count). The van der Waals surface area contributed by atoms with Crippen molar-refractivity contribution in [2.75, 3.05) is 12.8 Å². The molecule has 19 heavy (non-hydrogen) atoms. The van der Waals surface area contributed by atoms with Gasteiger partial charge in [0, 0.05) is 13.1 Å². The number of hydrogen-bond acceptors (Lipinski definition) is 3. The van der Waals surface area contributed by atoms with Crippen LogP contribution in [0.15, 0.2) is 29.2 Å². The highest BCUT2D eigenvalue weighted by atomic mass is 32.2. The molecule has 1 N–H and O–H groups in total. The fourth-order valence-electron chi connectivity index (χ4n) is 1.42. The maximum Gasteiger partial charge on any atom is 0.336 e. The van der Waals surface area contributed by atoms with E-state index in [4.69, 9.17) is 5.11 Å². The molecule has 0 heterocycles. The second kappa shape index (κ2) is 6.47. The molecule has 0 aliphatic heterocycles. The number of aromatic carboxylic acids is 1. The number of hydrogen-bond donors (Lipinski definition) is 1. The van der Waals surface area contributed by atoms with Crippen LogP contribution < -0.4 is 0 Å². The summed E-state index contributed by atoms with van der Waals surface area (Å²) in [5.74, 6) is -1.62. The quantitative estimate of drug-likeness (QED) is 0.885. The highest BCUT2D eigenvalue weighted by molar-refractivity contribution is 7.85. The summed E-state index contributed by atoms with van der Waals surface area (Å²) in [6, 6.07) is 6.04. The first kappa shape index (κ1) is 15.4. The Kier molecular flexibility index (Phi) is 5.23. The number of benzene rings is 1. The summed E-state index contributed by atoms with van der Waals surface area (Å²) < 4.78 is 12.1. The molecule has 0 spiro atoms. The number of nitrogens with zero attached hydrogens (tertiary/aromatic N) is 1. The van der Waals surface area contributed by atoms with Gasteiger partial charge in [0.25, 0.3) is 0 Å². The van der Waals surface area contributed by atoms with Gasteiger partial charge in [-0.25, -0.2) is 4.79 Å². The SMILES string of the molecule is CC(C)N(C)C(=O)CS(=O)c1ccccc1C(=O)O. The zero-order valence-electron chi connectivity index (χ0n) is 11.1. The van der Waals surface area contributed by atoms with Crippen LogP contribution in [0.1, 0.15) is 24.2 Å². The molecule has 1 amide bonds. The Morgan fingerprint density at radius 3 is 2.42 bits per heavy atom. The zero-order valence-corrected chi connectivity index (χ0v) is 11.9. The van der Waals surface area contributed by atoms with Crippen LogP contribution in [0.3, 0.4) is 0 Å². The molecule has 0 aliphatic carbocycles. The fraction of sp³-hybridized carbons (Fsp3) is 0.385. The van der Waals surface area contributed by atoms with Crippen molar-refractivity contribution >= 4 is 22.7 Å². The molecule has 5 nitrogen and oxygen atoms in total. The Bertz CT molecular complexity index is 513. The van der Waals surface area contributed by atoms with Gasteiger partial charge in [-0.15, -0.1) is 0 Å². The standard InChI is InChI=1S/C13H17NO4S/c1-9(2)14(3)12(15)8-19(18)11-7-5-4-6-10(11)13(16)17/h4-7,9H,8H2,1-3H3,(H,16,17). The molecular formula is C13H17NO4S. The molecule has 104 valence electrons. The lowest BCUT2D eigenvalue weighted by atomic mass is 10.2. The van der Waals surface area contributed by atoms with Crippen LogP contribution in [0, 0.1) is 0 Å². The molecule has 1 aromatic rings. The van der Waals surface area contributed by atoms with Crippen LogP contribution in [-0.4, -0.2) is 44.9 Å². The third-order valence-electron chi connectivity index (χ3n) is 2.79. The molecule has 0 radical (unpaired) electrons. The first-order valence-corrected chi connectivity index (χ1v) is 7.12. The summed E-state index contributed by atoms with van der Waals surface area (Å²) in [5.41, 5.74) is -0.0270. The van der Waals surface area contributed by atoms with Crippen LogP contribution in [0.4, 0.5) is 0 Å². The third-order valence-corrected chi connectivity index (χ3v) is 4.14. The van der Waals surface area contributed by atoms with Crippen LogP contribution in [0.25, 0.3) is 0 Å². The van der Waals surface area contributed by atoms with E-state index in [1.165, 1.54) is 17.0 Å². The lowest BCUT2D eigenvalue weighted by Gasteiger charge is -2.21. The van der Waals surface area contributed by atoms with Crippen LogP contribution in [0.2, 0.25) is 0 Å². The van der Waals surface area contributed by atoms with E-state index >= 15 is 0 Å². The average molecular weight is 283 g/mol. The van der Waals surface area contributed by atoms with Gasteiger partial charge in [-0.05, 0) is 26.0 Å². The minimum Gasteiger partial charge on any atom is -0.478 e. The predicted molar refractivity (Wildman–Crippen MR) is 72.6 cm³/mol. The maximum atomic E-state index is 12.1. The third kappa shape index (κ3) is 3.89. The van der Waals surface area contributed by atoms with Gasteiger partial charge in [0.1, 0.15) is 5.75 Å². The van der Waals surface area contributed by atoms with Crippen LogP contribution >= 0.6 is 0 Å². The Labute approximate surface area is 114 Å². The first-order chi connectivity index (χ1) is 8.84. The molecule has 1 atom stereocenters. The molecule has 0 fully saturated rings. The maximum absolute atomic E-state index is 12.1. The second-order valence-electron chi connectivity index (χ2n) is 4.39. The van der Waals surface area contributed by atoms with Gasteiger partial charge in [0.15, 0.2) is 0 Å². The predicted octanol–water partition coefficient (Wildman–Crippen LogP) is 1.36. The first-order valence-electron chi connectivity index (χ1n) is 5.81. The molecular weight excluding hydrogens is 266 g/mol. The highest BCUT2D eigenvalue weighted by Crippen LogP contribution is 2.14. The Morgan fingerprint density at radius 1 is 1.32 bits per heavy atom. The number of carbonyl (C=O) groups is 2. The smallest absolute Gasteiger partial charge is 0.336 e. The fourth-order valence-corrected chi connectivity index (χ4v) is 2.64. The average Bonchev–Trinajstić information content (AvgIpc) is 2.37. The topological polar surface area (TPSA) is 74.7 Å². The molecule has 0 saturated carbocycles. The van der Waals surface area contributed by atoms with Crippen LogP contribution in [-0.2, 0) is 15.6 Å². The summed E-state index contributed by atoms with van der Waals surface area (Å²) in [4.78, 5) is 24.5. The summed E-state index contributed by atoms with van der Waals surface area (Å²) >= 11 is 0. The second-order valence-corrected chi connectivity index (χ2v) is 5.81. The van der Waals surface area contributed by atoms with Crippen LogP contribution in [0.5, 0.6) is 0 Å². The van der Waals surface area contributed by atoms with Crippen molar-refractivity contribution in [3.05, 3.63) is 29.8 Å². The molecule has 0 bridgehead atoms. The zero-order chi connectivity index (χ0) is 14.6. The van der Waals surface area contributed by atoms with Gasteiger partial charge in [-0.3, -0.25) is 9.00 Å². The molecule has 6 heteroatoms. The lowest BCUT2D eigenvalue weighted by Crippen LogP contribution is -2.36. The van der Waals surface area contributed by atoms with E-state index in [1.54, 1.807) is 19.2 Å². The van der Waals surface area contributed by atoms with Gasteiger partial charge in [0.05, 0.1) is 21.3 Å². The summed E-state index contributed by atoms with van der Waals surface area (Å²) in [6.07, 6.45) is 0. The van der Waals surface area contributed by atoms with E-state index in [0.717, 1.165) is 0 Å². The normalized spacial score (nSPS) is 12.2. The highest BCUT2D eigenvalue weighted by Gasteiger charge is 2.20. The minimum atomic E-state index is -1.65.